The van der Waals surface area contributed by atoms with Crippen molar-refractivity contribution in [2.75, 3.05) is 19.8 Å². The minimum atomic E-state index is -0.170. The minimum Gasteiger partial charge on any atom is -0.381 e. The first-order chi connectivity index (χ1) is 11.0. The molecule has 3 rings (SSSR count). The molecular weight excluding hydrogens is 296 g/mol. The molecule has 126 valence electrons. The average Bonchev–Trinajstić information content (AvgIpc) is 3.16. The van der Waals surface area contributed by atoms with E-state index in [0.717, 1.165) is 12.2 Å². The molecule has 0 aromatic carbocycles. The van der Waals surface area contributed by atoms with Gasteiger partial charge in [-0.2, -0.15) is 0 Å². The van der Waals surface area contributed by atoms with Crippen LogP contribution in [0.3, 0.4) is 0 Å². The van der Waals surface area contributed by atoms with Crippen molar-refractivity contribution >= 4 is 11.8 Å². The Morgan fingerprint density at radius 1 is 1.39 bits per heavy atom. The molecule has 1 saturated heterocycles. The topological polar surface area (TPSA) is 76.5 Å². The molecule has 2 aliphatic heterocycles. The molecule has 2 amide bonds. The second-order valence-corrected chi connectivity index (χ2v) is 6.57. The lowest BCUT2D eigenvalue weighted by molar-refractivity contribution is -0.138. The number of nitrogens with zero attached hydrogens (tertiary/aromatic N) is 3. The fourth-order valence-electron chi connectivity index (χ4n) is 3.20. The van der Waals surface area contributed by atoms with E-state index in [-0.39, 0.29) is 29.8 Å². The first kappa shape index (κ1) is 16.0. The molecule has 2 atom stereocenters. The summed E-state index contributed by atoms with van der Waals surface area (Å²) in [7, 11) is 0. The number of amides is 2. The first-order valence-electron chi connectivity index (χ1n) is 8.23. The van der Waals surface area contributed by atoms with E-state index in [1.807, 2.05) is 30.2 Å². The fraction of sp³-hybridized carbons (Fsp3) is 0.688. The number of ether oxygens (including phenoxy) is 1. The summed E-state index contributed by atoms with van der Waals surface area (Å²) in [4.78, 5) is 31.1. The van der Waals surface area contributed by atoms with E-state index in [1.54, 1.807) is 6.20 Å². The molecule has 1 fully saturated rings. The normalized spacial score (nSPS) is 23.9. The fourth-order valence-corrected chi connectivity index (χ4v) is 3.20. The van der Waals surface area contributed by atoms with Crippen molar-refractivity contribution in [3.63, 3.8) is 0 Å². The summed E-state index contributed by atoms with van der Waals surface area (Å²) in [5.74, 6) is 0.702. The van der Waals surface area contributed by atoms with Crippen molar-refractivity contribution in [1.29, 1.82) is 0 Å². The molecule has 3 heterocycles. The molecule has 1 aromatic heterocycles. The Hall–Kier alpha value is -1.89. The molecule has 0 spiro atoms. The minimum absolute atomic E-state index is 0.0392. The third-order valence-corrected chi connectivity index (χ3v) is 4.44. The summed E-state index contributed by atoms with van der Waals surface area (Å²) >= 11 is 0. The van der Waals surface area contributed by atoms with Gasteiger partial charge in [-0.05, 0) is 27.2 Å². The van der Waals surface area contributed by atoms with Gasteiger partial charge < -0.3 is 19.5 Å². The van der Waals surface area contributed by atoms with E-state index < -0.39 is 0 Å². The van der Waals surface area contributed by atoms with Crippen molar-refractivity contribution in [3.8, 4) is 0 Å². The third-order valence-electron chi connectivity index (χ3n) is 4.44. The van der Waals surface area contributed by atoms with Crippen molar-refractivity contribution < 1.29 is 14.3 Å². The smallest absolute Gasteiger partial charge is 0.271 e. The standard InChI is InChI=1S/C16H24N4O3/c1-10(2)17-15(21)13-8-19-5-6-20(11(3)14(19)18-13)16(22)12-4-7-23-9-12/h8,10-12H,4-7,9H2,1-3H3,(H,17,21)/t11-,12-/m1/s1. The van der Waals surface area contributed by atoms with Crippen LogP contribution >= 0.6 is 0 Å². The second kappa shape index (κ2) is 6.31. The number of aromatic nitrogens is 2. The number of nitrogens with one attached hydrogen (secondary N) is 1. The maximum atomic E-state index is 12.6. The van der Waals surface area contributed by atoms with Crippen LogP contribution in [0.5, 0.6) is 0 Å². The predicted octanol–water partition coefficient (Wildman–Crippen LogP) is 0.961. The van der Waals surface area contributed by atoms with Gasteiger partial charge in [0.2, 0.25) is 5.91 Å². The molecule has 1 N–H and O–H groups in total. The molecule has 23 heavy (non-hydrogen) atoms. The van der Waals surface area contributed by atoms with Crippen LogP contribution in [0.15, 0.2) is 6.20 Å². The van der Waals surface area contributed by atoms with Crippen LogP contribution in [0.2, 0.25) is 0 Å². The molecule has 0 aliphatic carbocycles. The molecule has 7 nitrogen and oxygen atoms in total. The lowest BCUT2D eigenvalue weighted by Crippen LogP contribution is -2.44. The number of rotatable bonds is 3. The van der Waals surface area contributed by atoms with Gasteiger partial charge in [0.15, 0.2) is 0 Å². The Morgan fingerprint density at radius 2 is 2.17 bits per heavy atom. The highest BCUT2D eigenvalue weighted by Gasteiger charge is 2.35. The van der Waals surface area contributed by atoms with Crippen LogP contribution in [-0.4, -0.2) is 52.1 Å². The van der Waals surface area contributed by atoms with Crippen LogP contribution < -0.4 is 5.32 Å². The molecule has 0 unspecified atom stereocenters. The highest BCUT2D eigenvalue weighted by Crippen LogP contribution is 2.28. The zero-order valence-electron chi connectivity index (χ0n) is 13.9. The molecular formula is C16H24N4O3. The van der Waals surface area contributed by atoms with Gasteiger partial charge in [-0.15, -0.1) is 0 Å². The Labute approximate surface area is 136 Å². The summed E-state index contributed by atoms with van der Waals surface area (Å²) in [6.45, 7) is 8.29. The number of imidazole rings is 1. The van der Waals surface area contributed by atoms with E-state index in [1.165, 1.54) is 0 Å². The Kier molecular flexibility index (Phi) is 4.39. The van der Waals surface area contributed by atoms with Gasteiger partial charge in [-0.1, -0.05) is 0 Å². The second-order valence-electron chi connectivity index (χ2n) is 6.57. The lowest BCUT2D eigenvalue weighted by Gasteiger charge is -2.35. The quantitative estimate of drug-likeness (QED) is 0.900. The van der Waals surface area contributed by atoms with Crippen molar-refractivity contribution in [1.82, 2.24) is 19.8 Å². The monoisotopic (exact) mass is 320 g/mol. The number of carbonyl (C=O) groups is 2. The maximum Gasteiger partial charge on any atom is 0.271 e. The Balaban J connectivity index is 1.77. The van der Waals surface area contributed by atoms with Gasteiger partial charge in [-0.25, -0.2) is 4.98 Å². The van der Waals surface area contributed by atoms with Crippen LogP contribution in [0.25, 0.3) is 0 Å². The summed E-state index contributed by atoms with van der Waals surface area (Å²) in [6.07, 6.45) is 2.57. The molecule has 7 heteroatoms. The van der Waals surface area contributed by atoms with Crippen molar-refractivity contribution in [2.24, 2.45) is 5.92 Å². The highest BCUT2D eigenvalue weighted by atomic mass is 16.5. The molecule has 0 radical (unpaired) electrons. The maximum absolute atomic E-state index is 12.6. The number of hydrogen-bond donors (Lipinski definition) is 1. The Morgan fingerprint density at radius 3 is 2.83 bits per heavy atom. The highest BCUT2D eigenvalue weighted by molar-refractivity contribution is 5.92. The third kappa shape index (κ3) is 3.10. The van der Waals surface area contributed by atoms with Crippen LogP contribution in [-0.2, 0) is 16.1 Å². The van der Waals surface area contributed by atoms with Gasteiger partial charge in [0, 0.05) is 31.9 Å². The van der Waals surface area contributed by atoms with Crippen molar-refractivity contribution in [2.45, 2.75) is 45.8 Å². The summed E-state index contributed by atoms with van der Waals surface area (Å²) in [5.41, 5.74) is 0.416. The van der Waals surface area contributed by atoms with Gasteiger partial charge in [0.25, 0.3) is 5.91 Å². The van der Waals surface area contributed by atoms with Crippen LogP contribution in [0.1, 0.15) is 49.5 Å². The molecule has 1 aromatic rings. The van der Waals surface area contributed by atoms with E-state index in [2.05, 4.69) is 10.3 Å². The Bertz CT molecular complexity index is 604. The van der Waals surface area contributed by atoms with E-state index >= 15 is 0 Å². The van der Waals surface area contributed by atoms with Gasteiger partial charge in [0.1, 0.15) is 11.5 Å². The molecule has 0 saturated carbocycles. The number of fused-ring (bicyclic) bond motifs is 1. The predicted molar refractivity (Wildman–Crippen MR) is 83.9 cm³/mol. The molecule has 0 bridgehead atoms. The SMILES string of the molecule is CC(C)NC(=O)c1cn2c(n1)[C@@H](C)N(C(=O)[C@@H]1CCOC1)CC2. The zero-order valence-corrected chi connectivity index (χ0v) is 13.9. The van der Waals surface area contributed by atoms with Gasteiger partial charge in [0.05, 0.1) is 18.6 Å². The van der Waals surface area contributed by atoms with E-state index in [9.17, 15) is 9.59 Å². The largest absolute Gasteiger partial charge is 0.381 e. The van der Waals surface area contributed by atoms with E-state index in [4.69, 9.17) is 4.74 Å². The number of hydrogen-bond acceptors (Lipinski definition) is 4. The number of carbonyl (C=O) groups excluding carboxylic acids is 2. The molecule has 2 aliphatic rings. The summed E-state index contributed by atoms with van der Waals surface area (Å²) in [5, 5.41) is 2.85. The van der Waals surface area contributed by atoms with Crippen LogP contribution in [0.4, 0.5) is 0 Å². The van der Waals surface area contributed by atoms with Crippen molar-refractivity contribution in [3.05, 3.63) is 17.7 Å². The zero-order chi connectivity index (χ0) is 16.6. The first-order valence-corrected chi connectivity index (χ1v) is 8.23. The lowest BCUT2D eigenvalue weighted by atomic mass is 10.1. The van der Waals surface area contributed by atoms with Crippen LogP contribution in [0, 0.1) is 5.92 Å². The summed E-state index contributed by atoms with van der Waals surface area (Å²) < 4.78 is 7.31. The van der Waals surface area contributed by atoms with Gasteiger partial charge in [-0.3, -0.25) is 9.59 Å². The average molecular weight is 320 g/mol. The van der Waals surface area contributed by atoms with E-state index in [0.29, 0.717) is 32.0 Å². The van der Waals surface area contributed by atoms with Gasteiger partial charge >= 0.3 is 0 Å². The summed E-state index contributed by atoms with van der Waals surface area (Å²) in [6, 6.07) is -0.0588.